The second-order valence-corrected chi connectivity index (χ2v) is 8.27. The summed E-state index contributed by atoms with van der Waals surface area (Å²) < 4.78 is 10.1. The van der Waals surface area contributed by atoms with E-state index in [0.29, 0.717) is 39.0 Å². The number of benzene rings is 1. The smallest absolute Gasteiger partial charge is 0.336 e. The molecule has 0 unspecified atom stereocenters. The summed E-state index contributed by atoms with van der Waals surface area (Å²) >= 11 is 12.5. The quantitative estimate of drug-likeness (QED) is 0.546. The molecule has 1 aliphatic heterocycles. The van der Waals surface area contributed by atoms with Gasteiger partial charge in [0, 0.05) is 32.9 Å². The Morgan fingerprint density at radius 2 is 1.97 bits per heavy atom. The number of Topliss-reactive ketones (excluding diaryl/α,β-unsaturated/α-hetero) is 1. The maximum Gasteiger partial charge on any atom is 0.336 e. The third-order valence-corrected chi connectivity index (χ3v) is 6.07. The fraction of sp³-hybridized carbons (Fsp3) is 0.409. The van der Waals surface area contributed by atoms with Gasteiger partial charge in [0.05, 0.1) is 19.3 Å². The number of carbonyl (C=O) groups excluding carboxylic acids is 3. The number of halogens is 2. The Morgan fingerprint density at radius 1 is 1.27 bits per heavy atom. The van der Waals surface area contributed by atoms with Crippen molar-refractivity contribution in [3.8, 4) is 0 Å². The van der Waals surface area contributed by atoms with Crippen LogP contribution in [0, 0.1) is 11.8 Å². The van der Waals surface area contributed by atoms with Gasteiger partial charge in [-0.3, -0.25) is 9.59 Å². The van der Waals surface area contributed by atoms with Gasteiger partial charge in [0.1, 0.15) is 5.92 Å². The van der Waals surface area contributed by atoms with Crippen LogP contribution in [0.5, 0.6) is 0 Å². The molecule has 3 atom stereocenters. The molecule has 1 heterocycles. The first-order valence-electron chi connectivity index (χ1n) is 9.66. The van der Waals surface area contributed by atoms with Crippen molar-refractivity contribution in [3.63, 3.8) is 0 Å². The first kappa shape index (κ1) is 22.4. The van der Waals surface area contributed by atoms with Crippen molar-refractivity contribution in [1.82, 2.24) is 5.32 Å². The third-order valence-electron chi connectivity index (χ3n) is 5.51. The molecule has 1 N–H and O–H groups in total. The molecule has 1 aromatic carbocycles. The number of ketones is 1. The van der Waals surface area contributed by atoms with Gasteiger partial charge in [-0.1, -0.05) is 36.2 Å². The van der Waals surface area contributed by atoms with Crippen LogP contribution in [0.1, 0.15) is 38.7 Å². The van der Waals surface area contributed by atoms with E-state index in [1.54, 1.807) is 32.0 Å². The van der Waals surface area contributed by atoms with Gasteiger partial charge in [-0.25, -0.2) is 4.79 Å². The fourth-order valence-corrected chi connectivity index (χ4v) is 4.72. The molecule has 0 saturated heterocycles. The van der Waals surface area contributed by atoms with E-state index in [0.717, 1.165) is 0 Å². The normalized spacial score (nSPS) is 23.7. The van der Waals surface area contributed by atoms with E-state index in [4.69, 9.17) is 32.7 Å². The van der Waals surface area contributed by atoms with Crippen LogP contribution in [0.4, 0.5) is 0 Å². The maximum absolute atomic E-state index is 13.5. The Labute approximate surface area is 185 Å². The molecule has 0 bridgehead atoms. The monoisotopic (exact) mass is 451 g/mol. The van der Waals surface area contributed by atoms with Crippen molar-refractivity contribution in [1.29, 1.82) is 0 Å². The minimum Gasteiger partial charge on any atom is -0.468 e. The molecule has 0 saturated carbocycles. The van der Waals surface area contributed by atoms with Crippen LogP contribution >= 0.6 is 23.2 Å². The molecular formula is C22H23Cl2NO5. The summed E-state index contributed by atoms with van der Waals surface area (Å²) in [7, 11) is 1.26. The summed E-state index contributed by atoms with van der Waals surface area (Å²) in [6, 6.07) is 4.90. The van der Waals surface area contributed by atoms with Crippen molar-refractivity contribution in [2.24, 2.45) is 11.8 Å². The van der Waals surface area contributed by atoms with Crippen molar-refractivity contribution < 1.29 is 23.9 Å². The van der Waals surface area contributed by atoms with Gasteiger partial charge >= 0.3 is 11.9 Å². The lowest BCUT2D eigenvalue weighted by molar-refractivity contribution is -0.151. The number of hydrogen-bond acceptors (Lipinski definition) is 6. The van der Waals surface area contributed by atoms with Gasteiger partial charge in [0.15, 0.2) is 5.78 Å². The van der Waals surface area contributed by atoms with E-state index in [2.05, 4.69) is 5.32 Å². The Balaban J connectivity index is 2.23. The highest BCUT2D eigenvalue weighted by molar-refractivity contribution is 6.35. The van der Waals surface area contributed by atoms with Gasteiger partial charge < -0.3 is 14.8 Å². The van der Waals surface area contributed by atoms with Gasteiger partial charge in [-0.2, -0.15) is 0 Å². The molecule has 8 heteroatoms. The molecule has 1 aliphatic carbocycles. The van der Waals surface area contributed by atoms with Gasteiger partial charge in [0.2, 0.25) is 0 Å². The van der Waals surface area contributed by atoms with E-state index in [1.807, 2.05) is 6.92 Å². The SMILES string of the molecule is CCOC(=O)C1=C(C)NC2=C(C(=O)[C@@H](C(=O)OC)[C@@H](C)C2)[C@@H]1c1ccc(Cl)cc1Cl. The van der Waals surface area contributed by atoms with E-state index < -0.39 is 23.8 Å². The Kier molecular flexibility index (Phi) is 6.58. The minimum atomic E-state index is -0.953. The molecule has 0 amide bonds. The van der Waals surface area contributed by atoms with Crippen LogP contribution in [0.25, 0.3) is 0 Å². The summed E-state index contributed by atoms with van der Waals surface area (Å²) in [6.07, 6.45) is 0.454. The van der Waals surface area contributed by atoms with Gasteiger partial charge in [0.25, 0.3) is 0 Å². The van der Waals surface area contributed by atoms with Crippen molar-refractivity contribution >= 4 is 40.9 Å². The molecule has 30 heavy (non-hydrogen) atoms. The highest BCUT2D eigenvalue weighted by Crippen LogP contribution is 2.47. The zero-order valence-electron chi connectivity index (χ0n) is 17.2. The van der Waals surface area contributed by atoms with E-state index in [1.165, 1.54) is 7.11 Å². The average molecular weight is 452 g/mol. The maximum atomic E-state index is 13.5. The number of carbonyl (C=O) groups is 3. The molecule has 0 aromatic heterocycles. The largest absolute Gasteiger partial charge is 0.468 e. The number of allylic oxidation sites excluding steroid dienone is 3. The Hall–Kier alpha value is -2.31. The number of nitrogens with one attached hydrogen (secondary N) is 1. The highest BCUT2D eigenvalue weighted by Gasteiger charge is 2.47. The third kappa shape index (κ3) is 3.86. The highest BCUT2D eigenvalue weighted by atomic mass is 35.5. The zero-order valence-corrected chi connectivity index (χ0v) is 18.7. The Bertz CT molecular complexity index is 982. The molecule has 1 aromatic rings. The lowest BCUT2D eigenvalue weighted by atomic mass is 9.69. The first-order chi connectivity index (χ1) is 14.2. The topological polar surface area (TPSA) is 81.7 Å². The molecular weight excluding hydrogens is 429 g/mol. The fourth-order valence-electron chi connectivity index (χ4n) is 4.21. The van der Waals surface area contributed by atoms with E-state index in [-0.39, 0.29) is 23.9 Å². The second-order valence-electron chi connectivity index (χ2n) is 7.42. The second kappa shape index (κ2) is 8.82. The average Bonchev–Trinajstić information content (AvgIpc) is 2.66. The predicted octanol–water partition coefficient (Wildman–Crippen LogP) is 4.17. The van der Waals surface area contributed by atoms with Crippen molar-refractivity contribution in [2.75, 3.05) is 13.7 Å². The van der Waals surface area contributed by atoms with E-state index >= 15 is 0 Å². The molecule has 0 fully saturated rings. The molecule has 6 nitrogen and oxygen atoms in total. The summed E-state index contributed by atoms with van der Waals surface area (Å²) in [4.78, 5) is 38.8. The van der Waals surface area contributed by atoms with Crippen molar-refractivity contribution in [3.05, 3.63) is 56.3 Å². The predicted molar refractivity (Wildman–Crippen MR) is 113 cm³/mol. The molecule has 160 valence electrons. The van der Waals surface area contributed by atoms with E-state index in [9.17, 15) is 14.4 Å². The van der Waals surface area contributed by atoms with Crippen molar-refractivity contribution in [2.45, 2.75) is 33.1 Å². The summed E-state index contributed by atoms with van der Waals surface area (Å²) in [5, 5.41) is 3.94. The van der Waals surface area contributed by atoms with Crippen LogP contribution in [0.3, 0.4) is 0 Å². The van der Waals surface area contributed by atoms with Crippen LogP contribution in [-0.4, -0.2) is 31.4 Å². The summed E-state index contributed by atoms with van der Waals surface area (Å²) in [6.45, 7) is 5.47. The zero-order chi connectivity index (χ0) is 22.2. The Morgan fingerprint density at radius 3 is 2.57 bits per heavy atom. The van der Waals surface area contributed by atoms with Crippen LogP contribution < -0.4 is 5.32 Å². The number of hydrogen-bond donors (Lipinski definition) is 1. The molecule has 0 spiro atoms. The van der Waals surface area contributed by atoms with Gasteiger partial charge in [-0.05, 0) is 43.9 Å². The lowest BCUT2D eigenvalue weighted by Gasteiger charge is -2.38. The van der Waals surface area contributed by atoms with Crippen LogP contribution in [0.2, 0.25) is 10.0 Å². The number of ether oxygens (including phenoxy) is 2. The lowest BCUT2D eigenvalue weighted by Crippen LogP contribution is -2.43. The first-order valence-corrected chi connectivity index (χ1v) is 10.4. The van der Waals surface area contributed by atoms with Crippen LogP contribution in [-0.2, 0) is 23.9 Å². The number of dihydropyridines is 1. The minimum absolute atomic E-state index is 0.179. The standard InChI is InChI=1S/C22H23Cl2NO5/c1-5-30-22(28)17-11(3)25-15-8-10(2)16(21(27)29-4)20(26)19(15)18(17)13-7-6-12(23)9-14(13)24/h6-7,9-10,16,18,25H,5,8H2,1-4H3/t10-,16-,18+/m0/s1. The number of rotatable bonds is 4. The number of esters is 2. The summed E-state index contributed by atoms with van der Waals surface area (Å²) in [5.74, 6) is -3.51. The number of methoxy groups -OCH3 is 1. The summed E-state index contributed by atoms with van der Waals surface area (Å²) in [5.41, 5.74) is 2.42. The molecule has 0 radical (unpaired) electrons. The molecule has 2 aliphatic rings. The van der Waals surface area contributed by atoms with Gasteiger partial charge in [-0.15, -0.1) is 0 Å². The van der Waals surface area contributed by atoms with Crippen LogP contribution in [0.15, 0.2) is 40.7 Å². The molecule has 3 rings (SSSR count).